The minimum Gasteiger partial charge on any atom is -0.497 e. The Morgan fingerprint density at radius 1 is 1.17 bits per heavy atom. The summed E-state index contributed by atoms with van der Waals surface area (Å²) in [5.74, 6) is 0.785. The number of anilines is 2. The molecule has 0 bridgehead atoms. The Hall–Kier alpha value is -3.28. The summed E-state index contributed by atoms with van der Waals surface area (Å²) in [6, 6.07) is 11.1. The van der Waals surface area contributed by atoms with Crippen molar-refractivity contribution in [2.24, 2.45) is 0 Å². The van der Waals surface area contributed by atoms with E-state index >= 15 is 0 Å². The molecule has 0 aliphatic heterocycles. The van der Waals surface area contributed by atoms with E-state index in [2.05, 4.69) is 15.3 Å². The van der Waals surface area contributed by atoms with Crippen LogP contribution in [0.3, 0.4) is 0 Å². The molecule has 1 aromatic carbocycles. The number of aromatic amines is 1. The van der Waals surface area contributed by atoms with Crippen LogP contribution in [0.25, 0.3) is 22.0 Å². The van der Waals surface area contributed by atoms with Crippen molar-refractivity contribution in [1.29, 1.82) is 0 Å². The van der Waals surface area contributed by atoms with Gasteiger partial charge >= 0.3 is 0 Å². The summed E-state index contributed by atoms with van der Waals surface area (Å²) in [5.41, 5.74) is 2.49. The number of benzene rings is 1. The van der Waals surface area contributed by atoms with Crippen LogP contribution in [0.15, 0.2) is 58.1 Å². The molecule has 0 aliphatic rings. The molecule has 114 valence electrons. The van der Waals surface area contributed by atoms with E-state index in [1.54, 1.807) is 19.4 Å². The summed E-state index contributed by atoms with van der Waals surface area (Å²) in [6.45, 7) is 0. The number of aromatic nitrogens is 2. The van der Waals surface area contributed by atoms with E-state index in [-0.39, 0.29) is 5.56 Å². The summed E-state index contributed by atoms with van der Waals surface area (Å²) in [7, 11) is 1.63. The van der Waals surface area contributed by atoms with E-state index in [1.165, 1.54) is 6.26 Å². The van der Waals surface area contributed by atoms with Gasteiger partial charge in [0.1, 0.15) is 11.4 Å². The fourth-order valence-electron chi connectivity index (χ4n) is 2.58. The number of nitrogens with one attached hydrogen (secondary N) is 2. The standard InChI is InChI=1S/C17H13N3O3/c1-22-11-4-2-10(3-5-11)19-13-6-8-18-16-14(13)15-12(7-9-23-15)17(21)20-16/h2-9H,1H3,(H2,18,19,20,21). The smallest absolute Gasteiger partial charge is 0.260 e. The molecule has 0 spiro atoms. The highest BCUT2D eigenvalue weighted by atomic mass is 16.5. The van der Waals surface area contributed by atoms with Crippen molar-refractivity contribution < 1.29 is 9.15 Å². The van der Waals surface area contributed by atoms with Crippen molar-refractivity contribution in [2.45, 2.75) is 0 Å². The third-order valence-corrected chi connectivity index (χ3v) is 3.69. The van der Waals surface area contributed by atoms with Gasteiger partial charge in [-0.05, 0) is 36.4 Å². The molecule has 0 atom stereocenters. The zero-order valence-electron chi connectivity index (χ0n) is 12.3. The molecule has 6 heteroatoms. The summed E-state index contributed by atoms with van der Waals surface area (Å²) < 4.78 is 10.7. The van der Waals surface area contributed by atoms with Crippen LogP contribution in [0, 0.1) is 0 Å². The quantitative estimate of drug-likeness (QED) is 0.606. The Labute approximate surface area is 130 Å². The molecule has 6 nitrogen and oxygen atoms in total. The molecule has 4 rings (SSSR count). The molecule has 0 saturated carbocycles. The Bertz CT molecular complexity index is 1050. The second-order valence-electron chi connectivity index (χ2n) is 5.05. The van der Waals surface area contributed by atoms with E-state index in [0.717, 1.165) is 22.5 Å². The van der Waals surface area contributed by atoms with Crippen molar-refractivity contribution in [3.63, 3.8) is 0 Å². The Kier molecular flexibility index (Phi) is 3.01. The van der Waals surface area contributed by atoms with Gasteiger partial charge in [-0.25, -0.2) is 4.98 Å². The largest absolute Gasteiger partial charge is 0.497 e. The minimum atomic E-state index is -0.213. The van der Waals surface area contributed by atoms with Crippen molar-refractivity contribution in [2.75, 3.05) is 12.4 Å². The van der Waals surface area contributed by atoms with Crippen molar-refractivity contribution in [1.82, 2.24) is 9.97 Å². The molecule has 0 amide bonds. The number of nitrogens with zero attached hydrogens (tertiary/aromatic N) is 1. The number of pyridine rings is 2. The monoisotopic (exact) mass is 307 g/mol. The van der Waals surface area contributed by atoms with E-state index < -0.39 is 0 Å². The van der Waals surface area contributed by atoms with E-state index in [9.17, 15) is 4.79 Å². The molecule has 0 fully saturated rings. The zero-order valence-corrected chi connectivity index (χ0v) is 12.3. The first-order valence-electron chi connectivity index (χ1n) is 7.05. The molecule has 23 heavy (non-hydrogen) atoms. The zero-order chi connectivity index (χ0) is 15.8. The fourth-order valence-corrected chi connectivity index (χ4v) is 2.58. The first-order valence-corrected chi connectivity index (χ1v) is 7.05. The SMILES string of the molecule is COc1ccc(Nc2ccnc3[nH]c(=O)c4ccoc4c23)cc1. The van der Waals surface area contributed by atoms with Crippen LogP contribution in [-0.4, -0.2) is 17.1 Å². The third kappa shape index (κ3) is 2.20. The van der Waals surface area contributed by atoms with Gasteiger partial charge in [0.15, 0.2) is 5.58 Å². The first kappa shape index (κ1) is 13.4. The van der Waals surface area contributed by atoms with E-state index in [1.807, 2.05) is 30.3 Å². The van der Waals surface area contributed by atoms with Gasteiger partial charge in [-0.2, -0.15) is 0 Å². The van der Waals surface area contributed by atoms with Gasteiger partial charge < -0.3 is 19.5 Å². The Morgan fingerprint density at radius 3 is 2.78 bits per heavy atom. The van der Waals surface area contributed by atoms with Crippen molar-refractivity contribution in [3.05, 3.63) is 59.2 Å². The molecule has 2 N–H and O–H groups in total. The van der Waals surface area contributed by atoms with Crippen LogP contribution in [0.2, 0.25) is 0 Å². The molecule has 3 aromatic heterocycles. The van der Waals surface area contributed by atoms with Crippen molar-refractivity contribution >= 4 is 33.4 Å². The fraction of sp³-hybridized carbons (Fsp3) is 0.0588. The number of H-pyrrole nitrogens is 1. The molecule has 3 heterocycles. The summed E-state index contributed by atoms with van der Waals surface area (Å²) >= 11 is 0. The predicted octanol–water partition coefficient (Wildman–Crippen LogP) is 3.42. The number of rotatable bonds is 3. The average Bonchev–Trinajstić information content (AvgIpc) is 3.06. The topological polar surface area (TPSA) is 80.1 Å². The van der Waals surface area contributed by atoms with Crippen molar-refractivity contribution in [3.8, 4) is 5.75 Å². The third-order valence-electron chi connectivity index (χ3n) is 3.69. The summed E-state index contributed by atoms with van der Waals surface area (Å²) in [6.07, 6.45) is 3.14. The molecule has 0 saturated heterocycles. The van der Waals surface area contributed by atoms with Crippen LogP contribution in [0.4, 0.5) is 11.4 Å². The number of ether oxygens (including phenoxy) is 1. The van der Waals surface area contributed by atoms with Gasteiger partial charge in [0.2, 0.25) is 0 Å². The maximum Gasteiger partial charge on any atom is 0.260 e. The minimum absolute atomic E-state index is 0.213. The van der Waals surface area contributed by atoms with Crippen LogP contribution in [0.1, 0.15) is 0 Å². The molecule has 4 aromatic rings. The normalized spacial score (nSPS) is 11.0. The van der Waals surface area contributed by atoms with E-state index in [0.29, 0.717) is 16.6 Å². The molecule has 0 aliphatic carbocycles. The highest BCUT2D eigenvalue weighted by molar-refractivity contribution is 6.07. The van der Waals surface area contributed by atoms with Gasteiger partial charge in [-0.15, -0.1) is 0 Å². The maximum absolute atomic E-state index is 12.0. The molecular weight excluding hydrogens is 294 g/mol. The van der Waals surface area contributed by atoms with Gasteiger partial charge in [0.05, 0.1) is 29.8 Å². The second kappa shape index (κ2) is 5.17. The highest BCUT2D eigenvalue weighted by Gasteiger charge is 2.12. The van der Waals surface area contributed by atoms with Gasteiger partial charge in [-0.1, -0.05) is 0 Å². The number of methoxy groups -OCH3 is 1. The summed E-state index contributed by atoms with van der Waals surface area (Å²) in [4.78, 5) is 19.0. The Morgan fingerprint density at radius 2 is 2.00 bits per heavy atom. The lowest BCUT2D eigenvalue weighted by atomic mass is 10.2. The second-order valence-corrected chi connectivity index (χ2v) is 5.05. The molecular formula is C17H13N3O3. The average molecular weight is 307 g/mol. The lowest BCUT2D eigenvalue weighted by Gasteiger charge is -2.10. The Balaban J connectivity index is 1.89. The molecule has 0 unspecified atom stereocenters. The predicted molar refractivity (Wildman–Crippen MR) is 88.4 cm³/mol. The first-order chi connectivity index (χ1) is 11.3. The number of fused-ring (bicyclic) bond motifs is 3. The van der Waals surface area contributed by atoms with Gasteiger partial charge in [-0.3, -0.25) is 4.79 Å². The molecule has 0 radical (unpaired) electrons. The lowest BCUT2D eigenvalue weighted by Crippen LogP contribution is -2.06. The highest BCUT2D eigenvalue weighted by Crippen LogP contribution is 2.30. The lowest BCUT2D eigenvalue weighted by molar-refractivity contribution is 0.415. The van der Waals surface area contributed by atoms with Crippen LogP contribution >= 0.6 is 0 Å². The number of hydrogen-bond acceptors (Lipinski definition) is 5. The number of hydrogen-bond donors (Lipinski definition) is 2. The summed E-state index contributed by atoms with van der Waals surface area (Å²) in [5, 5.41) is 4.56. The maximum atomic E-state index is 12.0. The van der Waals surface area contributed by atoms with Crippen LogP contribution in [0.5, 0.6) is 5.75 Å². The van der Waals surface area contributed by atoms with Crippen LogP contribution in [-0.2, 0) is 0 Å². The van der Waals surface area contributed by atoms with Gasteiger partial charge in [0, 0.05) is 11.9 Å². The van der Waals surface area contributed by atoms with Gasteiger partial charge in [0.25, 0.3) is 5.56 Å². The van der Waals surface area contributed by atoms with E-state index in [4.69, 9.17) is 9.15 Å². The number of furan rings is 1. The van der Waals surface area contributed by atoms with Crippen LogP contribution < -0.4 is 15.6 Å².